The summed E-state index contributed by atoms with van der Waals surface area (Å²) in [6.07, 6.45) is 2.87. The van der Waals surface area contributed by atoms with Crippen molar-refractivity contribution in [2.24, 2.45) is 0 Å². The monoisotopic (exact) mass is 482 g/mol. The highest BCUT2D eigenvalue weighted by Gasteiger charge is 2.42. The lowest BCUT2D eigenvalue weighted by atomic mass is 9.96. The van der Waals surface area contributed by atoms with Crippen LogP contribution in [0.3, 0.4) is 0 Å². The third-order valence-electron chi connectivity index (χ3n) is 6.84. The number of pyridine rings is 1. The number of hydrogen-bond donors (Lipinski definition) is 1. The van der Waals surface area contributed by atoms with Gasteiger partial charge >= 0.3 is 0 Å². The number of aromatic nitrogens is 2. The molecule has 0 spiro atoms. The van der Waals surface area contributed by atoms with Gasteiger partial charge in [0.2, 0.25) is 0 Å². The molecule has 0 radical (unpaired) electrons. The summed E-state index contributed by atoms with van der Waals surface area (Å²) in [4.78, 5) is 6.90. The van der Waals surface area contributed by atoms with Crippen LogP contribution >= 0.6 is 12.2 Å². The molecule has 4 aromatic rings. The van der Waals surface area contributed by atoms with Gasteiger partial charge in [-0.25, -0.2) is 0 Å². The van der Waals surface area contributed by atoms with Crippen LogP contribution in [0.5, 0.6) is 5.75 Å². The first-order valence-corrected chi connectivity index (χ1v) is 12.4. The van der Waals surface area contributed by atoms with Gasteiger partial charge in [-0.1, -0.05) is 25.1 Å². The van der Waals surface area contributed by atoms with E-state index in [1.165, 1.54) is 28.2 Å². The van der Waals surface area contributed by atoms with Crippen molar-refractivity contribution in [1.82, 2.24) is 14.9 Å². The molecule has 6 heteroatoms. The predicted molar refractivity (Wildman–Crippen MR) is 146 cm³/mol. The van der Waals surface area contributed by atoms with Crippen LogP contribution in [-0.2, 0) is 6.42 Å². The molecule has 0 amide bonds. The first-order chi connectivity index (χ1) is 17.0. The van der Waals surface area contributed by atoms with Gasteiger partial charge in [0.05, 0.1) is 24.9 Å². The van der Waals surface area contributed by atoms with Gasteiger partial charge in [-0.15, -0.1) is 0 Å². The van der Waals surface area contributed by atoms with Crippen molar-refractivity contribution in [3.63, 3.8) is 0 Å². The smallest absolute Gasteiger partial charge is 0.174 e. The van der Waals surface area contributed by atoms with Crippen LogP contribution in [0.25, 0.3) is 5.69 Å². The zero-order valence-corrected chi connectivity index (χ0v) is 21.3. The van der Waals surface area contributed by atoms with E-state index in [4.69, 9.17) is 17.0 Å². The van der Waals surface area contributed by atoms with Gasteiger partial charge in [0, 0.05) is 29.0 Å². The summed E-state index contributed by atoms with van der Waals surface area (Å²) in [6, 6.07) is 25.1. The summed E-state index contributed by atoms with van der Waals surface area (Å²) >= 11 is 5.89. The fourth-order valence-electron chi connectivity index (χ4n) is 5.06. The Morgan fingerprint density at radius 2 is 1.69 bits per heavy atom. The van der Waals surface area contributed by atoms with Crippen LogP contribution in [-0.4, -0.2) is 21.8 Å². The van der Waals surface area contributed by atoms with E-state index in [9.17, 15) is 0 Å². The van der Waals surface area contributed by atoms with E-state index in [1.54, 1.807) is 7.11 Å². The number of anilines is 1. The topological polar surface area (TPSA) is 42.3 Å². The zero-order valence-electron chi connectivity index (χ0n) is 20.5. The van der Waals surface area contributed by atoms with Crippen molar-refractivity contribution in [3.8, 4) is 11.4 Å². The lowest BCUT2D eigenvalue weighted by Gasteiger charge is -2.28. The average molecular weight is 483 g/mol. The molecule has 0 saturated carbocycles. The number of benzene rings is 2. The maximum Gasteiger partial charge on any atom is 0.174 e. The Bertz CT molecular complexity index is 1330. The number of methoxy groups -OCH3 is 1. The minimum Gasteiger partial charge on any atom is -0.497 e. The molecule has 0 unspecified atom stereocenters. The number of thiocarbonyl (C=S) groups is 1. The zero-order chi connectivity index (χ0) is 24.5. The van der Waals surface area contributed by atoms with Crippen LogP contribution in [0.15, 0.2) is 79.0 Å². The molecule has 2 atom stereocenters. The molecule has 0 bridgehead atoms. The van der Waals surface area contributed by atoms with Gasteiger partial charge in [-0.05, 0) is 98.2 Å². The highest BCUT2D eigenvalue weighted by Crippen LogP contribution is 2.44. The molecular weight excluding hydrogens is 452 g/mol. The number of ether oxygens (including phenoxy) is 1. The molecule has 3 heterocycles. The normalized spacial score (nSPS) is 17.5. The molecule has 35 heavy (non-hydrogen) atoms. The van der Waals surface area contributed by atoms with Crippen LogP contribution in [0.4, 0.5) is 5.69 Å². The minimum atomic E-state index is -0.0813. The van der Waals surface area contributed by atoms with Crippen molar-refractivity contribution < 1.29 is 4.74 Å². The summed E-state index contributed by atoms with van der Waals surface area (Å²) in [7, 11) is 1.68. The maximum atomic E-state index is 5.89. The van der Waals surface area contributed by atoms with Crippen molar-refractivity contribution >= 4 is 23.0 Å². The summed E-state index contributed by atoms with van der Waals surface area (Å²) in [5, 5.41) is 4.25. The van der Waals surface area contributed by atoms with Crippen LogP contribution < -0.4 is 15.0 Å². The third-order valence-corrected chi connectivity index (χ3v) is 7.15. The molecule has 5 rings (SSSR count). The van der Waals surface area contributed by atoms with E-state index in [1.807, 2.05) is 30.5 Å². The third kappa shape index (κ3) is 4.19. The molecule has 1 aliphatic heterocycles. The van der Waals surface area contributed by atoms with E-state index in [2.05, 4.69) is 89.1 Å². The Morgan fingerprint density at radius 1 is 0.971 bits per heavy atom. The molecule has 1 saturated heterocycles. The molecule has 1 aliphatic rings. The first kappa shape index (κ1) is 23.1. The molecule has 1 fully saturated rings. The summed E-state index contributed by atoms with van der Waals surface area (Å²) in [5.41, 5.74) is 8.10. The van der Waals surface area contributed by atoms with Gasteiger partial charge < -0.3 is 19.5 Å². The van der Waals surface area contributed by atoms with E-state index in [0.29, 0.717) is 5.11 Å². The lowest BCUT2D eigenvalue weighted by molar-refractivity contribution is 0.415. The second kappa shape index (κ2) is 9.55. The van der Waals surface area contributed by atoms with Crippen LogP contribution in [0.2, 0.25) is 0 Å². The SMILES string of the molecule is CCc1ccc(-n2c(C)cc([C@H]3[C@@H](c4ccccn4)NC(=S)N3c3ccc(OC)cc3)c2C)cc1. The second-order valence-electron chi connectivity index (χ2n) is 8.88. The predicted octanol–water partition coefficient (Wildman–Crippen LogP) is 6.24. The number of nitrogens with one attached hydrogen (secondary N) is 1. The summed E-state index contributed by atoms with van der Waals surface area (Å²) < 4.78 is 7.72. The fourth-order valence-corrected chi connectivity index (χ4v) is 5.40. The molecule has 178 valence electrons. The molecule has 2 aromatic heterocycles. The Balaban J connectivity index is 1.64. The van der Waals surface area contributed by atoms with Gasteiger partial charge in [-0.2, -0.15) is 0 Å². The number of hydrogen-bond acceptors (Lipinski definition) is 3. The fraction of sp³-hybridized carbons (Fsp3) is 0.241. The van der Waals surface area contributed by atoms with Crippen molar-refractivity contribution in [3.05, 3.63) is 107 Å². The molecule has 1 N–H and O–H groups in total. The molecule has 2 aromatic carbocycles. The van der Waals surface area contributed by atoms with Crippen LogP contribution in [0.1, 0.15) is 47.2 Å². The minimum absolute atomic E-state index is 0.0549. The lowest BCUT2D eigenvalue weighted by Crippen LogP contribution is -2.29. The van der Waals surface area contributed by atoms with E-state index in [-0.39, 0.29) is 12.1 Å². The molecule has 0 aliphatic carbocycles. The number of aryl methyl sites for hydroxylation is 2. The highest BCUT2D eigenvalue weighted by molar-refractivity contribution is 7.80. The quantitative estimate of drug-likeness (QED) is 0.330. The Labute approximate surface area is 212 Å². The average Bonchev–Trinajstić information content (AvgIpc) is 3.39. The molecular formula is C29H30N4OS. The summed E-state index contributed by atoms with van der Waals surface area (Å²) in [6.45, 7) is 6.54. The van der Waals surface area contributed by atoms with Gasteiger partial charge in [0.15, 0.2) is 5.11 Å². The number of rotatable bonds is 6. The summed E-state index contributed by atoms with van der Waals surface area (Å²) in [5.74, 6) is 0.818. The Kier molecular flexibility index (Phi) is 6.31. The van der Waals surface area contributed by atoms with Crippen molar-refractivity contribution in [2.45, 2.75) is 39.3 Å². The van der Waals surface area contributed by atoms with E-state index in [0.717, 1.165) is 23.6 Å². The molecule has 5 nitrogen and oxygen atoms in total. The second-order valence-corrected chi connectivity index (χ2v) is 9.26. The van der Waals surface area contributed by atoms with Gasteiger partial charge in [-0.3, -0.25) is 4.98 Å². The van der Waals surface area contributed by atoms with E-state index < -0.39 is 0 Å². The van der Waals surface area contributed by atoms with Gasteiger partial charge in [0.1, 0.15) is 5.75 Å². The van der Waals surface area contributed by atoms with Crippen molar-refractivity contribution in [1.29, 1.82) is 0 Å². The highest BCUT2D eigenvalue weighted by atomic mass is 32.1. The Morgan fingerprint density at radius 3 is 2.31 bits per heavy atom. The van der Waals surface area contributed by atoms with Crippen LogP contribution in [0, 0.1) is 13.8 Å². The number of nitrogens with zero attached hydrogens (tertiary/aromatic N) is 3. The van der Waals surface area contributed by atoms with E-state index >= 15 is 0 Å². The largest absolute Gasteiger partial charge is 0.497 e. The maximum absolute atomic E-state index is 5.89. The standard InChI is InChI=1S/C29H30N4OS/c1-5-21-9-11-22(12-10-21)32-19(2)18-25(20(32)3)28-27(26-8-6-7-17-30-26)31-29(35)33(28)23-13-15-24(34-4)16-14-23/h6-18,27-28H,5H2,1-4H3,(H,31,35)/t27-,28+/m1/s1. The van der Waals surface area contributed by atoms with Crippen molar-refractivity contribution in [2.75, 3.05) is 12.0 Å². The Hall–Kier alpha value is -3.64. The first-order valence-electron chi connectivity index (χ1n) is 11.9. The van der Waals surface area contributed by atoms with Gasteiger partial charge in [0.25, 0.3) is 0 Å².